The minimum atomic E-state index is -0.932. The molecular formula is C18H15ClF2N4. The molecule has 0 radical (unpaired) electrons. The largest absolute Gasteiger partial charge is 0.366 e. The van der Waals surface area contributed by atoms with Crippen LogP contribution in [0.25, 0.3) is 0 Å². The van der Waals surface area contributed by atoms with Gasteiger partial charge >= 0.3 is 0 Å². The van der Waals surface area contributed by atoms with Crippen molar-refractivity contribution >= 4 is 29.1 Å². The molecule has 0 saturated heterocycles. The summed E-state index contributed by atoms with van der Waals surface area (Å²) in [5.74, 6) is -0.920. The van der Waals surface area contributed by atoms with Crippen molar-refractivity contribution in [1.29, 1.82) is 0 Å². The predicted molar refractivity (Wildman–Crippen MR) is 95.2 cm³/mol. The highest BCUT2D eigenvalue weighted by Crippen LogP contribution is 2.19. The molecule has 3 aromatic rings. The lowest BCUT2D eigenvalue weighted by Gasteiger charge is -2.10. The van der Waals surface area contributed by atoms with E-state index in [9.17, 15) is 8.78 Å². The Morgan fingerprint density at radius 2 is 1.72 bits per heavy atom. The van der Waals surface area contributed by atoms with Crippen molar-refractivity contribution in [3.8, 4) is 0 Å². The zero-order valence-corrected chi connectivity index (χ0v) is 14.1. The fourth-order valence-corrected chi connectivity index (χ4v) is 2.34. The summed E-state index contributed by atoms with van der Waals surface area (Å²) in [6.07, 6.45) is 0. The molecule has 3 rings (SSSR count). The van der Waals surface area contributed by atoms with Crippen LogP contribution in [0.1, 0.15) is 11.3 Å². The molecule has 0 atom stereocenters. The van der Waals surface area contributed by atoms with E-state index in [0.29, 0.717) is 29.0 Å². The molecule has 25 heavy (non-hydrogen) atoms. The zero-order chi connectivity index (χ0) is 17.8. The Morgan fingerprint density at radius 1 is 0.960 bits per heavy atom. The molecule has 0 aliphatic rings. The summed E-state index contributed by atoms with van der Waals surface area (Å²) >= 11 is 5.87. The SMILES string of the molecule is Cc1cc(NCc2ccc(Cl)cc2)nc(Nc2ccc(F)c(F)c2)n1. The molecule has 0 spiro atoms. The van der Waals surface area contributed by atoms with E-state index in [1.165, 1.54) is 6.07 Å². The number of aromatic nitrogens is 2. The number of benzene rings is 2. The van der Waals surface area contributed by atoms with Crippen LogP contribution < -0.4 is 10.6 Å². The van der Waals surface area contributed by atoms with E-state index >= 15 is 0 Å². The Bertz CT molecular complexity index is 885. The molecule has 0 bridgehead atoms. The summed E-state index contributed by atoms with van der Waals surface area (Å²) < 4.78 is 26.3. The number of nitrogens with one attached hydrogen (secondary N) is 2. The number of halogens is 3. The van der Waals surface area contributed by atoms with Crippen molar-refractivity contribution in [1.82, 2.24) is 9.97 Å². The highest BCUT2D eigenvalue weighted by Gasteiger charge is 2.06. The summed E-state index contributed by atoms with van der Waals surface area (Å²) in [6.45, 7) is 2.39. The van der Waals surface area contributed by atoms with Crippen LogP contribution in [0.5, 0.6) is 0 Å². The lowest BCUT2D eigenvalue weighted by atomic mass is 10.2. The average Bonchev–Trinajstić information content (AvgIpc) is 2.57. The Labute approximate surface area is 148 Å². The van der Waals surface area contributed by atoms with Crippen LogP contribution in [0.15, 0.2) is 48.5 Å². The van der Waals surface area contributed by atoms with Gasteiger partial charge in [-0.1, -0.05) is 23.7 Å². The molecule has 1 heterocycles. The quantitative estimate of drug-likeness (QED) is 0.666. The van der Waals surface area contributed by atoms with Gasteiger partial charge in [0.2, 0.25) is 5.95 Å². The van der Waals surface area contributed by atoms with Gasteiger partial charge in [0, 0.05) is 35.1 Å². The number of rotatable bonds is 5. The van der Waals surface area contributed by atoms with Crippen LogP contribution in [-0.2, 0) is 6.54 Å². The van der Waals surface area contributed by atoms with Gasteiger partial charge in [-0.3, -0.25) is 0 Å². The minimum absolute atomic E-state index is 0.296. The van der Waals surface area contributed by atoms with Gasteiger partial charge in [0.25, 0.3) is 0 Å². The Morgan fingerprint density at radius 3 is 2.44 bits per heavy atom. The van der Waals surface area contributed by atoms with E-state index < -0.39 is 11.6 Å². The predicted octanol–water partition coefficient (Wildman–Crippen LogP) is 5.07. The van der Waals surface area contributed by atoms with Crippen molar-refractivity contribution in [3.05, 3.63) is 76.4 Å². The third-order valence-electron chi connectivity index (χ3n) is 3.42. The van der Waals surface area contributed by atoms with Crippen LogP contribution in [-0.4, -0.2) is 9.97 Å². The molecule has 0 fully saturated rings. The zero-order valence-electron chi connectivity index (χ0n) is 13.4. The molecular weight excluding hydrogens is 346 g/mol. The number of nitrogens with zero attached hydrogens (tertiary/aromatic N) is 2. The monoisotopic (exact) mass is 360 g/mol. The molecule has 0 saturated carbocycles. The van der Waals surface area contributed by atoms with Gasteiger partial charge in [-0.25, -0.2) is 13.8 Å². The second-order valence-electron chi connectivity index (χ2n) is 5.45. The van der Waals surface area contributed by atoms with Crippen LogP contribution in [0.3, 0.4) is 0 Å². The molecule has 2 aromatic carbocycles. The van der Waals surface area contributed by atoms with Crippen molar-refractivity contribution in [2.24, 2.45) is 0 Å². The number of anilines is 3. The standard InChI is InChI=1S/C18H15ClF2N4/c1-11-8-17(22-10-12-2-4-13(19)5-3-12)25-18(23-11)24-14-6-7-15(20)16(21)9-14/h2-9H,10H2,1H3,(H2,22,23,24,25). The molecule has 0 amide bonds. The van der Waals surface area contributed by atoms with E-state index in [0.717, 1.165) is 23.4 Å². The topological polar surface area (TPSA) is 49.8 Å². The first-order valence-corrected chi connectivity index (χ1v) is 7.93. The van der Waals surface area contributed by atoms with E-state index in [4.69, 9.17) is 11.6 Å². The molecule has 128 valence electrons. The Balaban J connectivity index is 1.73. The first kappa shape index (κ1) is 17.1. The van der Waals surface area contributed by atoms with Gasteiger partial charge in [-0.15, -0.1) is 0 Å². The Hall–Kier alpha value is -2.73. The van der Waals surface area contributed by atoms with Crippen LogP contribution in [0.2, 0.25) is 5.02 Å². The van der Waals surface area contributed by atoms with Gasteiger partial charge in [0.05, 0.1) is 0 Å². The molecule has 0 unspecified atom stereocenters. The molecule has 7 heteroatoms. The van der Waals surface area contributed by atoms with Crippen molar-refractivity contribution < 1.29 is 8.78 Å². The number of hydrogen-bond acceptors (Lipinski definition) is 4. The molecule has 1 aromatic heterocycles. The maximum absolute atomic E-state index is 13.3. The molecule has 0 aliphatic heterocycles. The van der Waals surface area contributed by atoms with Gasteiger partial charge in [0.15, 0.2) is 11.6 Å². The number of hydrogen-bond donors (Lipinski definition) is 2. The summed E-state index contributed by atoms with van der Waals surface area (Å²) in [5, 5.41) is 6.75. The van der Waals surface area contributed by atoms with Crippen molar-refractivity contribution in [2.45, 2.75) is 13.5 Å². The summed E-state index contributed by atoms with van der Waals surface area (Å²) in [7, 11) is 0. The van der Waals surface area contributed by atoms with Gasteiger partial charge in [0.1, 0.15) is 5.82 Å². The van der Waals surface area contributed by atoms with Crippen LogP contribution in [0, 0.1) is 18.6 Å². The van der Waals surface area contributed by atoms with Gasteiger partial charge in [-0.2, -0.15) is 4.98 Å². The maximum Gasteiger partial charge on any atom is 0.229 e. The third-order valence-corrected chi connectivity index (χ3v) is 3.67. The lowest BCUT2D eigenvalue weighted by Crippen LogP contribution is -2.05. The minimum Gasteiger partial charge on any atom is -0.366 e. The molecule has 2 N–H and O–H groups in total. The normalized spacial score (nSPS) is 10.6. The fourth-order valence-electron chi connectivity index (χ4n) is 2.21. The Kier molecular flexibility index (Phi) is 5.09. The van der Waals surface area contributed by atoms with E-state index in [-0.39, 0.29) is 0 Å². The third kappa shape index (κ3) is 4.64. The van der Waals surface area contributed by atoms with Gasteiger partial charge in [-0.05, 0) is 36.8 Å². The van der Waals surface area contributed by atoms with E-state index in [1.54, 1.807) is 6.07 Å². The first-order valence-electron chi connectivity index (χ1n) is 7.56. The smallest absolute Gasteiger partial charge is 0.229 e. The fraction of sp³-hybridized carbons (Fsp3) is 0.111. The molecule has 4 nitrogen and oxygen atoms in total. The summed E-state index contributed by atoms with van der Waals surface area (Å²) in [4.78, 5) is 8.59. The van der Waals surface area contributed by atoms with Gasteiger partial charge < -0.3 is 10.6 Å². The first-order chi connectivity index (χ1) is 12.0. The lowest BCUT2D eigenvalue weighted by molar-refractivity contribution is 0.509. The van der Waals surface area contributed by atoms with Crippen molar-refractivity contribution in [2.75, 3.05) is 10.6 Å². The van der Waals surface area contributed by atoms with Crippen LogP contribution in [0.4, 0.5) is 26.2 Å². The second-order valence-corrected chi connectivity index (χ2v) is 5.89. The van der Waals surface area contributed by atoms with E-state index in [1.807, 2.05) is 31.2 Å². The molecule has 0 aliphatic carbocycles. The summed E-state index contributed by atoms with van der Waals surface area (Å²) in [6, 6.07) is 12.8. The van der Waals surface area contributed by atoms with Crippen LogP contribution >= 0.6 is 11.6 Å². The van der Waals surface area contributed by atoms with Crippen molar-refractivity contribution in [3.63, 3.8) is 0 Å². The average molecular weight is 361 g/mol. The number of aryl methyl sites for hydroxylation is 1. The maximum atomic E-state index is 13.3. The highest BCUT2D eigenvalue weighted by atomic mass is 35.5. The summed E-state index contributed by atoms with van der Waals surface area (Å²) in [5.41, 5.74) is 2.16. The second kappa shape index (κ2) is 7.44. The highest BCUT2D eigenvalue weighted by molar-refractivity contribution is 6.30. The van der Waals surface area contributed by atoms with E-state index in [2.05, 4.69) is 20.6 Å².